The van der Waals surface area contributed by atoms with Gasteiger partial charge in [-0.2, -0.15) is 0 Å². The third-order valence-electron chi connectivity index (χ3n) is 5.41. The summed E-state index contributed by atoms with van der Waals surface area (Å²) in [6, 6.07) is 17.7. The van der Waals surface area contributed by atoms with E-state index < -0.39 is 47.7 Å². The van der Waals surface area contributed by atoms with Crippen molar-refractivity contribution < 1.29 is 28.9 Å². The molecule has 0 amide bonds. The van der Waals surface area contributed by atoms with E-state index in [9.17, 15) is 24.3 Å². The van der Waals surface area contributed by atoms with Crippen molar-refractivity contribution in [2.75, 3.05) is 6.61 Å². The number of benzene rings is 2. The van der Waals surface area contributed by atoms with Crippen LogP contribution in [0.5, 0.6) is 0 Å². The Morgan fingerprint density at radius 2 is 1.56 bits per heavy atom. The lowest BCUT2D eigenvalue weighted by Gasteiger charge is -2.20. The van der Waals surface area contributed by atoms with Crippen molar-refractivity contribution in [3.05, 3.63) is 105 Å². The molecule has 0 bridgehead atoms. The molecule has 2 aromatic carbocycles. The Balaban J connectivity index is 1.51. The van der Waals surface area contributed by atoms with E-state index in [2.05, 4.69) is 4.98 Å². The summed E-state index contributed by atoms with van der Waals surface area (Å²) in [6.07, 6.45) is -2.49. The largest absolute Gasteiger partial charge is 0.462 e. The molecule has 34 heavy (non-hydrogen) atoms. The van der Waals surface area contributed by atoms with Crippen LogP contribution >= 0.6 is 0 Å². The molecule has 3 aromatic rings. The molecule has 1 aromatic heterocycles. The quantitative estimate of drug-likeness (QED) is 0.500. The minimum absolute atomic E-state index is 0.0844. The van der Waals surface area contributed by atoms with Crippen molar-refractivity contribution in [2.24, 2.45) is 5.92 Å². The number of ether oxygens (including phenoxy) is 3. The Morgan fingerprint density at radius 1 is 0.941 bits per heavy atom. The SMILES string of the molecule is O=C(OCCC1C(O)[C@@H](n2ccc(=O)[nH]c2=O)O[C@@H]1OC(=O)c1ccccc1)c1ccccc1. The summed E-state index contributed by atoms with van der Waals surface area (Å²) in [4.78, 5) is 50.5. The first kappa shape index (κ1) is 23.1. The monoisotopic (exact) mass is 466 g/mol. The van der Waals surface area contributed by atoms with Crippen LogP contribution in [0.2, 0.25) is 0 Å². The zero-order valence-corrected chi connectivity index (χ0v) is 17.9. The van der Waals surface area contributed by atoms with Gasteiger partial charge >= 0.3 is 17.6 Å². The van der Waals surface area contributed by atoms with Gasteiger partial charge in [0.05, 0.1) is 23.7 Å². The molecular weight excluding hydrogens is 444 g/mol. The summed E-state index contributed by atoms with van der Waals surface area (Å²) >= 11 is 0. The van der Waals surface area contributed by atoms with E-state index in [0.29, 0.717) is 5.56 Å². The number of rotatable bonds is 7. The third kappa shape index (κ3) is 5.13. The molecule has 4 rings (SSSR count). The molecule has 1 saturated heterocycles. The van der Waals surface area contributed by atoms with E-state index in [-0.39, 0.29) is 18.6 Å². The van der Waals surface area contributed by atoms with Gasteiger partial charge in [-0.1, -0.05) is 36.4 Å². The van der Waals surface area contributed by atoms with Gasteiger partial charge in [0, 0.05) is 12.3 Å². The molecule has 4 atom stereocenters. The minimum atomic E-state index is -1.30. The molecule has 1 aliphatic rings. The van der Waals surface area contributed by atoms with Crippen LogP contribution in [0.1, 0.15) is 33.4 Å². The number of aromatic nitrogens is 2. The maximum atomic E-state index is 12.6. The van der Waals surface area contributed by atoms with E-state index >= 15 is 0 Å². The average Bonchev–Trinajstić information content (AvgIpc) is 3.14. The number of hydrogen-bond acceptors (Lipinski definition) is 8. The lowest BCUT2D eigenvalue weighted by molar-refractivity contribution is -0.138. The standard InChI is InChI=1S/C24H22N2O8/c27-18-11-13-26(24(31)25-18)20-19(28)17(12-14-32-21(29)15-7-3-1-4-8-15)23(33-20)34-22(30)16-9-5-2-6-10-16/h1-11,13,17,19-20,23,28H,12,14H2,(H,25,27,31)/t17?,19?,20-,23+/m0/s1. The first-order chi connectivity index (χ1) is 16.4. The molecular formula is C24H22N2O8. The zero-order valence-electron chi connectivity index (χ0n) is 17.9. The van der Waals surface area contributed by atoms with E-state index in [1.54, 1.807) is 60.7 Å². The highest BCUT2D eigenvalue weighted by atomic mass is 16.7. The molecule has 10 heteroatoms. The lowest BCUT2D eigenvalue weighted by atomic mass is 9.99. The van der Waals surface area contributed by atoms with Crippen molar-refractivity contribution in [1.29, 1.82) is 0 Å². The summed E-state index contributed by atoms with van der Waals surface area (Å²) < 4.78 is 17.5. The molecule has 10 nitrogen and oxygen atoms in total. The second-order valence-electron chi connectivity index (χ2n) is 7.63. The fraction of sp³-hybridized carbons (Fsp3) is 0.250. The normalized spacial score (nSPS) is 21.7. The number of carbonyl (C=O) groups excluding carboxylic acids is 2. The van der Waals surface area contributed by atoms with Gasteiger partial charge in [0.25, 0.3) is 5.56 Å². The van der Waals surface area contributed by atoms with Gasteiger partial charge in [-0.3, -0.25) is 14.3 Å². The van der Waals surface area contributed by atoms with Crippen LogP contribution < -0.4 is 11.2 Å². The molecule has 0 spiro atoms. The van der Waals surface area contributed by atoms with Crippen LogP contribution in [0.15, 0.2) is 82.5 Å². The summed E-state index contributed by atoms with van der Waals surface area (Å²) in [5, 5.41) is 10.9. The smallest absolute Gasteiger partial charge is 0.340 e. The molecule has 2 heterocycles. The Morgan fingerprint density at radius 3 is 2.18 bits per heavy atom. The van der Waals surface area contributed by atoms with Crippen molar-refractivity contribution in [3.63, 3.8) is 0 Å². The second-order valence-corrected chi connectivity index (χ2v) is 7.63. The number of carbonyl (C=O) groups is 2. The Kier molecular flexibility index (Phi) is 7.00. The van der Waals surface area contributed by atoms with Crippen LogP contribution in [0.25, 0.3) is 0 Å². The number of aromatic amines is 1. The maximum absolute atomic E-state index is 12.6. The van der Waals surface area contributed by atoms with E-state index in [4.69, 9.17) is 14.2 Å². The fourth-order valence-electron chi connectivity index (χ4n) is 3.66. The van der Waals surface area contributed by atoms with Crippen molar-refractivity contribution in [3.8, 4) is 0 Å². The summed E-state index contributed by atoms with van der Waals surface area (Å²) in [7, 11) is 0. The average molecular weight is 466 g/mol. The summed E-state index contributed by atoms with van der Waals surface area (Å²) in [6.45, 7) is -0.0918. The van der Waals surface area contributed by atoms with Gasteiger partial charge < -0.3 is 19.3 Å². The zero-order chi connectivity index (χ0) is 24.1. The number of aliphatic hydroxyl groups excluding tert-OH is 1. The number of aliphatic hydroxyl groups is 1. The van der Waals surface area contributed by atoms with Gasteiger partial charge in [-0.25, -0.2) is 14.4 Å². The van der Waals surface area contributed by atoms with E-state index in [1.165, 1.54) is 6.20 Å². The van der Waals surface area contributed by atoms with Crippen molar-refractivity contribution >= 4 is 11.9 Å². The van der Waals surface area contributed by atoms with Crippen molar-refractivity contribution in [2.45, 2.75) is 25.0 Å². The van der Waals surface area contributed by atoms with Gasteiger partial charge in [-0.15, -0.1) is 0 Å². The highest BCUT2D eigenvalue weighted by Gasteiger charge is 2.47. The van der Waals surface area contributed by atoms with Crippen LogP contribution in [0.3, 0.4) is 0 Å². The first-order valence-corrected chi connectivity index (χ1v) is 10.6. The predicted molar refractivity (Wildman–Crippen MR) is 118 cm³/mol. The number of hydrogen-bond donors (Lipinski definition) is 2. The molecule has 0 radical (unpaired) electrons. The van der Waals surface area contributed by atoms with Crippen LogP contribution in [0, 0.1) is 5.92 Å². The van der Waals surface area contributed by atoms with Gasteiger partial charge in [-0.05, 0) is 30.7 Å². The number of esters is 2. The molecule has 176 valence electrons. The number of nitrogens with one attached hydrogen (secondary N) is 1. The molecule has 0 aliphatic carbocycles. The van der Waals surface area contributed by atoms with E-state index in [1.807, 2.05) is 0 Å². The number of nitrogens with zero attached hydrogens (tertiary/aromatic N) is 1. The van der Waals surface area contributed by atoms with Crippen LogP contribution in [-0.2, 0) is 14.2 Å². The topological polar surface area (TPSA) is 137 Å². The highest BCUT2D eigenvalue weighted by Crippen LogP contribution is 2.36. The van der Waals surface area contributed by atoms with Crippen LogP contribution in [0.4, 0.5) is 0 Å². The van der Waals surface area contributed by atoms with E-state index in [0.717, 1.165) is 10.6 Å². The Hall–Kier alpha value is -4.02. The molecule has 0 saturated carbocycles. The minimum Gasteiger partial charge on any atom is -0.462 e. The Bertz CT molecular complexity index is 1250. The fourth-order valence-corrected chi connectivity index (χ4v) is 3.66. The van der Waals surface area contributed by atoms with Crippen LogP contribution in [-0.4, -0.2) is 45.6 Å². The maximum Gasteiger partial charge on any atom is 0.340 e. The van der Waals surface area contributed by atoms with Gasteiger partial charge in [0.2, 0.25) is 6.29 Å². The van der Waals surface area contributed by atoms with Crippen molar-refractivity contribution in [1.82, 2.24) is 9.55 Å². The summed E-state index contributed by atoms with van der Waals surface area (Å²) in [5.41, 5.74) is -0.749. The molecule has 1 fully saturated rings. The molecule has 2 N–H and O–H groups in total. The second kappa shape index (κ2) is 10.3. The van der Waals surface area contributed by atoms with Gasteiger partial charge in [0.1, 0.15) is 6.10 Å². The first-order valence-electron chi connectivity index (χ1n) is 10.6. The predicted octanol–water partition coefficient (Wildman–Crippen LogP) is 1.47. The summed E-state index contributed by atoms with van der Waals surface area (Å²) in [5.74, 6) is -2.04. The highest BCUT2D eigenvalue weighted by molar-refractivity contribution is 5.89. The molecule has 2 unspecified atom stereocenters. The number of H-pyrrole nitrogens is 1. The molecule has 1 aliphatic heterocycles. The Labute approximate surface area is 193 Å². The lowest BCUT2D eigenvalue weighted by Crippen LogP contribution is -2.36. The third-order valence-corrected chi connectivity index (χ3v) is 5.41. The van der Waals surface area contributed by atoms with Gasteiger partial charge in [0.15, 0.2) is 6.23 Å².